The Morgan fingerprint density at radius 2 is 2.00 bits per heavy atom. The molecule has 0 radical (unpaired) electrons. The summed E-state index contributed by atoms with van der Waals surface area (Å²) in [6.07, 6.45) is 1.89. The highest BCUT2D eigenvalue weighted by molar-refractivity contribution is 5.74. The minimum absolute atomic E-state index is 0.0786. The summed E-state index contributed by atoms with van der Waals surface area (Å²) in [5.41, 5.74) is 1.84. The standard InChI is InChI=1S/C18H19N5O2/c24-18(19-12-17-21-20-16-8-4-5-9-23(16)17)22-10-11-25-13-15(22)14-6-2-1-3-7-14/h1-9,15H,10-13H2,(H,19,24)/t15-/m1/s1. The van der Waals surface area contributed by atoms with Crippen LogP contribution >= 0.6 is 0 Å². The van der Waals surface area contributed by atoms with Crippen LogP contribution in [0.2, 0.25) is 0 Å². The molecule has 1 aromatic carbocycles. The molecule has 1 fully saturated rings. The smallest absolute Gasteiger partial charge is 0.318 e. The molecular weight excluding hydrogens is 318 g/mol. The number of carbonyl (C=O) groups is 1. The van der Waals surface area contributed by atoms with E-state index in [1.54, 1.807) is 0 Å². The van der Waals surface area contributed by atoms with E-state index in [1.807, 2.05) is 64.0 Å². The number of pyridine rings is 1. The quantitative estimate of drug-likeness (QED) is 0.794. The molecule has 4 rings (SSSR count). The third-order valence-corrected chi connectivity index (χ3v) is 4.36. The van der Waals surface area contributed by atoms with Crippen molar-refractivity contribution in [2.45, 2.75) is 12.6 Å². The van der Waals surface area contributed by atoms with Gasteiger partial charge in [0.25, 0.3) is 0 Å². The monoisotopic (exact) mass is 337 g/mol. The Morgan fingerprint density at radius 3 is 2.88 bits per heavy atom. The average molecular weight is 337 g/mol. The van der Waals surface area contributed by atoms with Crippen molar-refractivity contribution >= 4 is 11.7 Å². The lowest BCUT2D eigenvalue weighted by atomic mass is 10.1. The second-order valence-electron chi connectivity index (χ2n) is 5.90. The SMILES string of the molecule is O=C(NCc1nnc2ccccn12)N1CCOC[C@@H]1c1ccccc1. The first kappa shape index (κ1) is 15.6. The number of aromatic nitrogens is 3. The molecular formula is C18H19N5O2. The van der Waals surface area contributed by atoms with Gasteiger partial charge in [-0.25, -0.2) is 4.79 Å². The predicted molar refractivity (Wildman–Crippen MR) is 91.9 cm³/mol. The molecule has 3 aromatic rings. The number of amides is 2. The molecule has 7 heteroatoms. The molecule has 2 amide bonds. The molecule has 3 heterocycles. The summed E-state index contributed by atoms with van der Waals surface area (Å²) < 4.78 is 7.45. The maximum atomic E-state index is 12.7. The molecule has 2 aromatic heterocycles. The van der Waals surface area contributed by atoms with Crippen LogP contribution in [0.15, 0.2) is 54.7 Å². The Kier molecular flexibility index (Phi) is 4.30. The van der Waals surface area contributed by atoms with E-state index in [-0.39, 0.29) is 12.1 Å². The van der Waals surface area contributed by atoms with Crippen LogP contribution in [0, 0.1) is 0 Å². The molecule has 7 nitrogen and oxygen atoms in total. The Hall–Kier alpha value is -2.93. The van der Waals surface area contributed by atoms with Crippen molar-refractivity contribution in [3.05, 3.63) is 66.1 Å². The molecule has 25 heavy (non-hydrogen) atoms. The number of nitrogens with one attached hydrogen (secondary N) is 1. The van der Waals surface area contributed by atoms with Gasteiger partial charge in [-0.1, -0.05) is 36.4 Å². The first-order chi connectivity index (χ1) is 12.3. The van der Waals surface area contributed by atoms with Gasteiger partial charge >= 0.3 is 6.03 Å². The molecule has 0 spiro atoms. The summed E-state index contributed by atoms with van der Waals surface area (Å²) >= 11 is 0. The minimum Gasteiger partial charge on any atom is -0.377 e. The van der Waals surface area contributed by atoms with Crippen molar-refractivity contribution in [2.75, 3.05) is 19.8 Å². The number of ether oxygens (including phenoxy) is 1. The first-order valence-corrected chi connectivity index (χ1v) is 8.29. The van der Waals surface area contributed by atoms with Gasteiger partial charge in [-0.2, -0.15) is 0 Å². The maximum absolute atomic E-state index is 12.7. The summed E-state index contributed by atoms with van der Waals surface area (Å²) in [7, 11) is 0. The Labute approximate surface area is 145 Å². The number of hydrogen-bond donors (Lipinski definition) is 1. The van der Waals surface area contributed by atoms with Gasteiger partial charge in [0, 0.05) is 12.7 Å². The highest BCUT2D eigenvalue weighted by Gasteiger charge is 2.28. The molecule has 0 unspecified atom stereocenters. The number of benzene rings is 1. The van der Waals surface area contributed by atoms with E-state index in [2.05, 4.69) is 15.5 Å². The molecule has 128 valence electrons. The van der Waals surface area contributed by atoms with E-state index in [4.69, 9.17) is 4.74 Å². The van der Waals surface area contributed by atoms with Crippen molar-refractivity contribution in [1.29, 1.82) is 0 Å². The van der Waals surface area contributed by atoms with Crippen LogP contribution in [0.1, 0.15) is 17.4 Å². The molecule has 0 saturated carbocycles. The Balaban J connectivity index is 1.47. The normalized spacial score (nSPS) is 17.6. The van der Waals surface area contributed by atoms with Gasteiger partial charge < -0.3 is 15.0 Å². The first-order valence-electron chi connectivity index (χ1n) is 8.29. The van der Waals surface area contributed by atoms with E-state index in [1.165, 1.54) is 0 Å². The molecule has 1 saturated heterocycles. The van der Waals surface area contributed by atoms with Gasteiger partial charge in [-0.05, 0) is 17.7 Å². The van der Waals surface area contributed by atoms with Crippen molar-refractivity contribution in [2.24, 2.45) is 0 Å². The summed E-state index contributed by atoms with van der Waals surface area (Å²) in [5.74, 6) is 0.702. The highest BCUT2D eigenvalue weighted by Crippen LogP contribution is 2.23. The molecule has 1 aliphatic heterocycles. The fraction of sp³-hybridized carbons (Fsp3) is 0.278. The zero-order chi connectivity index (χ0) is 17.1. The second-order valence-corrected chi connectivity index (χ2v) is 5.90. The van der Waals surface area contributed by atoms with E-state index >= 15 is 0 Å². The molecule has 1 aliphatic rings. The summed E-state index contributed by atoms with van der Waals surface area (Å²) in [4.78, 5) is 14.5. The van der Waals surface area contributed by atoms with E-state index in [0.29, 0.717) is 32.1 Å². The highest BCUT2D eigenvalue weighted by atomic mass is 16.5. The number of rotatable bonds is 3. The van der Waals surface area contributed by atoms with E-state index < -0.39 is 0 Å². The summed E-state index contributed by atoms with van der Waals surface area (Å²) in [6.45, 7) is 1.94. The Morgan fingerprint density at radius 1 is 1.16 bits per heavy atom. The number of fused-ring (bicyclic) bond motifs is 1. The van der Waals surface area contributed by atoms with Gasteiger partial charge in [0.05, 0.1) is 25.8 Å². The van der Waals surface area contributed by atoms with Crippen molar-refractivity contribution in [3.8, 4) is 0 Å². The fourth-order valence-electron chi connectivity index (χ4n) is 3.07. The second kappa shape index (κ2) is 6.90. The van der Waals surface area contributed by atoms with Crippen molar-refractivity contribution in [1.82, 2.24) is 24.8 Å². The van der Waals surface area contributed by atoms with Crippen LogP contribution in [-0.4, -0.2) is 45.3 Å². The van der Waals surface area contributed by atoms with Crippen LogP contribution in [0.25, 0.3) is 5.65 Å². The van der Waals surface area contributed by atoms with Gasteiger partial charge in [0.1, 0.15) is 0 Å². The van der Waals surface area contributed by atoms with Gasteiger partial charge in [-0.15, -0.1) is 10.2 Å². The largest absolute Gasteiger partial charge is 0.377 e. The third-order valence-electron chi connectivity index (χ3n) is 4.36. The fourth-order valence-corrected chi connectivity index (χ4v) is 3.07. The average Bonchev–Trinajstić information content (AvgIpc) is 3.10. The van der Waals surface area contributed by atoms with Crippen LogP contribution in [-0.2, 0) is 11.3 Å². The summed E-state index contributed by atoms with van der Waals surface area (Å²) in [5, 5.41) is 11.2. The molecule has 0 bridgehead atoms. The van der Waals surface area contributed by atoms with Crippen LogP contribution in [0.5, 0.6) is 0 Å². The number of hydrogen-bond acceptors (Lipinski definition) is 4. The maximum Gasteiger partial charge on any atom is 0.318 e. The third kappa shape index (κ3) is 3.18. The van der Waals surface area contributed by atoms with Crippen LogP contribution < -0.4 is 5.32 Å². The zero-order valence-electron chi connectivity index (χ0n) is 13.7. The molecule has 1 atom stereocenters. The van der Waals surface area contributed by atoms with Gasteiger partial charge in [0.2, 0.25) is 0 Å². The lowest BCUT2D eigenvalue weighted by molar-refractivity contribution is 0.0115. The predicted octanol–water partition coefficient (Wildman–Crippen LogP) is 2.01. The van der Waals surface area contributed by atoms with Crippen LogP contribution in [0.4, 0.5) is 4.79 Å². The molecule has 1 N–H and O–H groups in total. The number of carbonyl (C=O) groups excluding carboxylic acids is 1. The Bertz CT molecular complexity index is 864. The number of nitrogens with zero attached hydrogens (tertiary/aromatic N) is 4. The van der Waals surface area contributed by atoms with Crippen molar-refractivity contribution in [3.63, 3.8) is 0 Å². The van der Waals surface area contributed by atoms with E-state index in [9.17, 15) is 4.79 Å². The van der Waals surface area contributed by atoms with Crippen molar-refractivity contribution < 1.29 is 9.53 Å². The number of morpholine rings is 1. The van der Waals surface area contributed by atoms with Crippen LogP contribution in [0.3, 0.4) is 0 Å². The number of urea groups is 1. The summed E-state index contributed by atoms with van der Waals surface area (Å²) in [6, 6.07) is 15.5. The lowest BCUT2D eigenvalue weighted by Gasteiger charge is -2.35. The topological polar surface area (TPSA) is 71.8 Å². The van der Waals surface area contributed by atoms with E-state index in [0.717, 1.165) is 11.2 Å². The zero-order valence-corrected chi connectivity index (χ0v) is 13.7. The van der Waals surface area contributed by atoms with Gasteiger partial charge in [0.15, 0.2) is 11.5 Å². The molecule has 0 aliphatic carbocycles. The minimum atomic E-state index is -0.121. The lowest BCUT2D eigenvalue weighted by Crippen LogP contribution is -2.48. The van der Waals surface area contributed by atoms with Gasteiger partial charge in [-0.3, -0.25) is 4.40 Å².